The molecule has 0 aromatic carbocycles. The standard InChI is InChI=1S/C14H27NO2/c1-10(2)9-13(11(3)16)15-14(17)12-7-5-4-6-8-12/h10-13,16H,4-9H2,1-3H3,(H,15,17)/t11?,13-/m0/s1. The van der Waals surface area contributed by atoms with Crippen molar-refractivity contribution >= 4 is 5.91 Å². The van der Waals surface area contributed by atoms with Crippen LogP contribution in [0.15, 0.2) is 0 Å². The zero-order valence-electron chi connectivity index (χ0n) is 11.4. The van der Waals surface area contributed by atoms with E-state index in [1.165, 1.54) is 19.3 Å². The molecular formula is C14H27NO2. The fourth-order valence-electron chi connectivity index (χ4n) is 2.55. The number of hydrogen-bond acceptors (Lipinski definition) is 2. The lowest BCUT2D eigenvalue weighted by molar-refractivity contribution is -0.127. The molecule has 1 saturated carbocycles. The summed E-state index contributed by atoms with van der Waals surface area (Å²) in [5.41, 5.74) is 0. The van der Waals surface area contributed by atoms with Crippen LogP contribution in [0.25, 0.3) is 0 Å². The maximum atomic E-state index is 12.1. The molecule has 0 radical (unpaired) electrons. The van der Waals surface area contributed by atoms with Crippen molar-refractivity contribution in [2.75, 3.05) is 0 Å². The summed E-state index contributed by atoms with van der Waals surface area (Å²) in [5, 5.41) is 12.7. The lowest BCUT2D eigenvalue weighted by Crippen LogP contribution is -2.45. The monoisotopic (exact) mass is 241 g/mol. The van der Waals surface area contributed by atoms with Crippen LogP contribution in [0.2, 0.25) is 0 Å². The zero-order valence-corrected chi connectivity index (χ0v) is 11.4. The Morgan fingerprint density at radius 1 is 1.24 bits per heavy atom. The number of nitrogens with one attached hydrogen (secondary N) is 1. The summed E-state index contributed by atoms with van der Waals surface area (Å²) in [4.78, 5) is 12.1. The van der Waals surface area contributed by atoms with E-state index >= 15 is 0 Å². The number of rotatable bonds is 5. The first-order valence-corrected chi connectivity index (χ1v) is 6.99. The Kier molecular flexibility index (Phi) is 5.96. The molecular weight excluding hydrogens is 214 g/mol. The van der Waals surface area contributed by atoms with E-state index < -0.39 is 6.10 Å². The van der Waals surface area contributed by atoms with Crippen LogP contribution in [0.3, 0.4) is 0 Å². The van der Waals surface area contributed by atoms with Gasteiger partial charge in [0, 0.05) is 5.92 Å². The van der Waals surface area contributed by atoms with Crippen LogP contribution in [0.1, 0.15) is 59.3 Å². The van der Waals surface area contributed by atoms with Gasteiger partial charge in [0.05, 0.1) is 12.1 Å². The summed E-state index contributed by atoms with van der Waals surface area (Å²) in [6.07, 6.45) is 6.00. The topological polar surface area (TPSA) is 49.3 Å². The first kappa shape index (κ1) is 14.5. The average molecular weight is 241 g/mol. The van der Waals surface area contributed by atoms with E-state index in [9.17, 15) is 9.90 Å². The van der Waals surface area contributed by atoms with Crippen molar-refractivity contribution in [3.05, 3.63) is 0 Å². The van der Waals surface area contributed by atoms with Crippen molar-refractivity contribution < 1.29 is 9.90 Å². The molecule has 0 bridgehead atoms. The van der Waals surface area contributed by atoms with Gasteiger partial charge in [-0.15, -0.1) is 0 Å². The molecule has 3 heteroatoms. The average Bonchev–Trinajstić information content (AvgIpc) is 2.28. The van der Waals surface area contributed by atoms with Crippen molar-refractivity contribution in [2.45, 2.75) is 71.4 Å². The third-order valence-electron chi connectivity index (χ3n) is 3.61. The van der Waals surface area contributed by atoms with E-state index in [1.807, 2.05) is 0 Å². The molecule has 1 rings (SSSR count). The van der Waals surface area contributed by atoms with Gasteiger partial charge in [-0.2, -0.15) is 0 Å². The van der Waals surface area contributed by atoms with Gasteiger partial charge in [-0.25, -0.2) is 0 Å². The molecule has 1 unspecified atom stereocenters. The first-order valence-electron chi connectivity index (χ1n) is 6.99. The lowest BCUT2D eigenvalue weighted by Gasteiger charge is -2.27. The Bertz CT molecular complexity index is 232. The van der Waals surface area contributed by atoms with Crippen LogP contribution in [0.5, 0.6) is 0 Å². The molecule has 1 fully saturated rings. The fourth-order valence-corrected chi connectivity index (χ4v) is 2.55. The molecule has 1 aliphatic carbocycles. The largest absolute Gasteiger partial charge is 0.391 e. The van der Waals surface area contributed by atoms with Gasteiger partial charge >= 0.3 is 0 Å². The minimum absolute atomic E-state index is 0.0931. The summed E-state index contributed by atoms with van der Waals surface area (Å²) < 4.78 is 0. The second-order valence-corrected chi connectivity index (χ2v) is 5.82. The molecule has 17 heavy (non-hydrogen) atoms. The van der Waals surface area contributed by atoms with Crippen molar-refractivity contribution in [2.24, 2.45) is 11.8 Å². The van der Waals surface area contributed by atoms with Crippen LogP contribution < -0.4 is 5.32 Å². The van der Waals surface area contributed by atoms with E-state index in [0.29, 0.717) is 5.92 Å². The molecule has 100 valence electrons. The molecule has 0 aromatic rings. The molecule has 0 aliphatic heterocycles. The van der Waals surface area contributed by atoms with E-state index in [4.69, 9.17) is 0 Å². The minimum atomic E-state index is -0.468. The first-order chi connectivity index (χ1) is 8.00. The van der Waals surface area contributed by atoms with Crippen LogP contribution in [-0.4, -0.2) is 23.2 Å². The highest BCUT2D eigenvalue weighted by molar-refractivity contribution is 5.79. The normalized spacial score (nSPS) is 21.2. The Labute approximate surface area is 105 Å². The zero-order chi connectivity index (χ0) is 12.8. The number of carbonyl (C=O) groups excluding carboxylic acids is 1. The molecule has 0 heterocycles. The smallest absolute Gasteiger partial charge is 0.223 e. The number of carbonyl (C=O) groups is 1. The molecule has 2 atom stereocenters. The molecule has 0 saturated heterocycles. The number of aliphatic hydroxyl groups is 1. The van der Waals surface area contributed by atoms with Crippen LogP contribution in [-0.2, 0) is 4.79 Å². The predicted octanol–water partition coefficient (Wildman–Crippen LogP) is 2.48. The maximum Gasteiger partial charge on any atom is 0.223 e. The molecule has 1 aliphatic rings. The van der Waals surface area contributed by atoms with E-state index in [0.717, 1.165) is 19.3 Å². The molecule has 3 nitrogen and oxygen atoms in total. The van der Waals surface area contributed by atoms with E-state index in [-0.39, 0.29) is 17.9 Å². The second-order valence-electron chi connectivity index (χ2n) is 5.82. The summed E-state index contributed by atoms with van der Waals surface area (Å²) >= 11 is 0. The Morgan fingerprint density at radius 2 is 1.82 bits per heavy atom. The van der Waals surface area contributed by atoms with Gasteiger partial charge in [0.1, 0.15) is 0 Å². The molecule has 1 amide bonds. The van der Waals surface area contributed by atoms with Crippen molar-refractivity contribution in [1.82, 2.24) is 5.32 Å². The predicted molar refractivity (Wildman–Crippen MR) is 69.6 cm³/mol. The van der Waals surface area contributed by atoms with Crippen molar-refractivity contribution in [3.8, 4) is 0 Å². The third kappa shape index (κ3) is 5.07. The summed E-state index contributed by atoms with van der Waals surface area (Å²) in [5.74, 6) is 0.815. The van der Waals surface area contributed by atoms with Crippen molar-refractivity contribution in [1.29, 1.82) is 0 Å². The molecule has 0 spiro atoms. The highest BCUT2D eigenvalue weighted by Crippen LogP contribution is 2.24. The highest BCUT2D eigenvalue weighted by atomic mass is 16.3. The quantitative estimate of drug-likeness (QED) is 0.777. The van der Waals surface area contributed by atoms with Crippen LogP contribution in [0.4, 0.5) is 0 Å². The summed E-state index contributed by atoms with van der Waals surface area (Å²) in [6, 6.07) is -0.0931. The third-order valence-corrected chi connectivity index (χ3v) is 3.61. The number of hydrogen-bond donors (Lipinski definition) is 2. The lowest BCUT2D eigenvalue weighted by atomic mass is 9.88. The van der Waals surface area contributed by atoms with Gasteiger partial charge in [0.25, 0.3) is 0 Å². The Balaban J connectivity index is 2.44. The fraction of sp³-hybridized carbons (Fsp3) is 0.929. The Morgan fingerprint density at radius 3 is 2.29 bits per heavy atom. The van der Waals surface area contributed by atoms with E-state index in [1.54, 1.807) is 6.92 Å². The van der Waals surface area contributed by atoms with Gasteiger partial charge in [-0.3, -0.25) is 4.79 Å². The minimum Gasteiger partial charge on any atom is -0.391 e. The van der Waals surface area contributed by atoms with Gasteiger partial charge in [0.2, 0.25) is 5.91 Å². The van der Waals surface area contributed by atoms with Gasteiger partial charge < -0.3 is 10.4 Å². The summed E-state index contributed by atoms with van der Waals surface area (Å²) in [7, 11) is 0. The van der Waals surface area contributed by atoms with Gasteiger partial charge in [-0.1, -0.05) is 33.1 Å². The van der Waals surface area contributed by atoms with Gasteiger partial charge in [-0.05, 0) is 32.1 Å². The van der Waals surface area contributed by atoms with Crippen LogP contribution >= 0.6 is 0 Å². The number of aliphatic hydroxyl groups excluding tert-OH is 1. The molecule has 0 aromatic heterocycles. The SMILES string of the molecule is CC(C)C[C@H](NC(=O)C1CCCCC1)C(C)O. The Hall–Kier alpha value is -0.570. The van der Waals surface area contributed by atoms with Crippen LogP contribution in [0, 0.1) is 11.8 Å². The van der Waals surface area contributed by atoms with E-state index in [2.05, 4.69) is 19.2 Å². The summed E-state index contributed by atoms with van der Waals surface area (Å²) in [6.45, 7) is 5.98. The van der Waals surface area contributed by atoms with Gasteiger partial charge in [0.15, 0.2) is 0 Å². The highest BCUT2D eigenvalue weighted by Gasteiger charge is 2.25. The maximum absolute atomic E-state index is 12.1. The number of amides is 1. The second kappa shape index (κ2) is 7.00. The van der Waals surface area contributed by atoms with Crippen molar-refractivity contribution in [3.63, 3.8) is 0 Å². The molecule has 2 N–H and O–H groups in total.